The molecule has 1 aromatic carbocycles. The molecule has 1 aromatic heterocycles. The molecule has 0 spiro atoms. The van der Waals surface area contributed by atoms with E-state index in [9.17, 15) is 9.59 Å². The SMILES string of the molecule is CC(C)c1ccc(OCC(=O)NNC(=S)NC(=O)c2ccco2)cc1. The van der Waals surface area contributed by atoms with Crippen LogP contribution in [0, 0.1) is 0 Å². The second-order valence-electron chi connectivity index (χ2n) is 5.45. The summed E-state index contributed by atoms with van der Waals surface area (Å²) in [7, 11) is 0. The van der Waals surface area contributed by atoms with Crippen molar-refractivity contribution >= 4 is 29.1 Å². The van der Waals surface area contributed by atoms with Crippen molar-refractivity contribution in [3.63, 3.8) is 0 Å². The first kappa shape index (κ1) is 18.5. The number of hydrazine groups is 1. The first-order valence-electron chi connectivity index (χ1n) is 7.62. The number of thiocarbonyl (C=S) groups is 1. The van der Waals surface area contributed by atoms with Crippen LogP contribution in [0.1, 0.15) is 35.9 Å². The molecule has 2 rings (SSSR count). The van der Waals surface area contributed by atoms with Crippen molar-refractivity contribution in [3.8, 4) is 5.75 Å². The fourth-order valence-corrected chi connectivity index (χ4v) is 2.01. The number of nitrogens with one attached hydrogen (secondary N) is 3. The molecule has 0 unspecified atom stereocenters. The molecular formula is C17H19N3O4S. The summed E-state index contributed by atoms with van der Waals surface area (Å²) < 4.78 is 10.3. The predicted octanol–water partition coefficient (Wildman–Crippen LogP) is 2.12. The van der Waals surface area contributed by atoms with Crippen molar-refractivity contribution in [2.24, 2.45) is 0 Å². The average molecular weight is 361 g/mol. The van der Waals surface area contributed by atoms with E-state index in [0.717, 1.165) is 0 Å². The molecule has 3 N–H and O–H groups in total. The smallest absolute Gasteiger partial charge is 0.293 e. The van der Waals surface area contributed by atoms with E-state index >= 15 is 0 Å². The summed E-state index contributed by atoms with van der Waals surface area (Å²) in [6.45, 7) is 4.01. The van der Waals surface area contributed by atoms with Crippen LogP contribution in [0.25, 0.3) is 0 Å². The van der Waals surface area contributed by atoms with Gasteiger partial charge in [-0.1, -0.05) is 26.0 Å². The average Bonchev–Trinajstić information content (AvgIpc) is 3.13. The normalized spacial score (nSPS) is 10.2. The number of amides is 2. The molecule has 1 heterocycles. The predicted molar refractivity (Wildman–Crippen MR) is 96.1 cm³/mol. The van der Waals surface area contributed by atoms with Crippen molar-refractivity contribution in [1.82, 2.24) is 16.2 Å². The van der Waals surface area contributed by atoms with Crippen LogP contribution >= 0.6 is 12.2 Å². The number of benzene rings is 1. The molecule has 0 bridgehead atoms. The van der Waals surface area contributed by atoms with Crippen molar-refractivity contribution in [1.29, 1.82) is 0 Å². The highest BCUT2D eigenvalue weighted by Crippen LogP contribution is 2.18. The molecule has 8 heteroatoms. The molecule has 0 aliphatic rings. The Balaban J connectivity index is 1.69. The zero-order valence-corrected chi connectivity index (χ0v) is 14.7. The Morgan fingerprint density at radius 1 is 1.16 bits per heavy atom. The van der Waals surface area contributed by atoms with Gasteiger partial charge in [-0.3, -0.25) is 25.8 Å². The molecule has 2 amide bonds. The van der Waals surface area contributed by atoms with E-state index in [1.54, 1.807) is 6.07 Å². The third-order valence-corrected chi connectivity index (χ3v) is 3.41. The van der Waals surface area contributed by atoms with E-state index in [1.165, 1.54) is 17.9 Å². The quantitative estimate of drug-likeness (QED) is 0.558. The van der Waals surface area contributed by atoms with Gasteiger partial charge in [-0.25, -0.2) is 0 Å². The first-order chi connectivity index (χ1) is 12.0. The van der Waals surface area contributed by atoms with Crippen LogP contribution in [-0.4, -0.2) is 23.5 Å². The highest BCUT2D eigenvalue weighted by Gasteiger charge is 2.11. The largest absolute Gasteiger partial charge is 0.484 e. The minimum Gasteiger partial charge on any atom is -0.484 e. The van der Waals surface area contributed by atoms with Gasteiger partial charge in [-0.2, -0.15) is 0 Å². The van der Waals surface area contributed by atoms with Crippen LogP contribution in [0.15, 0.2) is 47.1 Å². The Morgan fingerprint density at radius 2 is 1.88 bits per heavy atom. The summed E-state index contributed by atoms with van der Waals surface area (Å²) in [4.78, 5) is 23.4. The summed E-state index contributed by atoms with van der Waals surface area (Å²) in [5.41, 5.74) is 5.94. The number of carbonyl (C=O) groups is 2. The van der Waals surface area contributed by atoms with Gasteiger partial charge in [-0.05, 0) is 48.0 Å². The highest BCUT2D eigenvalue weighted by molar-refractivity contribution is 7.80. The molecule has 0 atom stereocenters. The van der Waals surface area contributed by atoms with Gasteiger partial charge < -0.3 is 9.15 Å². The zero-order chi connectivity index (χ0) is 18.2. The second-order valence-corrected chi connectivity index (χ2v) is 5.85. The van der Waals surface area contributed by atoms with E-state index in [4.69, 9.17) is 21.4 Å². The molecule has 2 aromatic rings. The third-order valence-electron chi connectivity index (χ3n) is 3.20. The van der Waals surface area contributed by atoms with Crippen molar-refractivity contribution in [2.45, 2.75) is 19.8 Å². The second kappa shape index (κ2) is 8.84. The van der Waals surface area contributed by atoms with Crippen molar-refractivity contribution in [2.75, 3.05) is 6.61 Å². The van der Waals surface area contributed by atoms with Gasteiger partial charge in [0.15, 0.2) is 17.5 Å². The lowest BCUT2D eigenvalue weighted by atomic mass is 10.0. The molecule has 0 aliphatic heterocycles. The van der Waals surface area contributed by atoms with Gasteiger partial charge in [0, 0.05) is 0 Å². The minimum absolute atomic E-state index is 0.0592. The van der Waals surface area contributed by atoms with E-state index in [1.807, 2.05) is 24.3 Å². The fraction of sp³-hybridized carbons (Fsp3) is 0.235. The molecular weight excluding hydrogens is 342 g/mol. The Kier molecular flexibility index (Phi) is 6.53. The summed E-state index contributed by atoms with van der Waals surface area (Å²) >= 11 is 4.90. The molecule has 132 valence electrons. The monoisotopic (exact) mass is 361 g/mol. The van der Waals surface area contributed by atoms with E-state index in [2.05, 4.69) is 30.0 Å². The van der Waals surface area contributed by atoms with Crippen LogP contribution in [0.4, 0.5) is 0 Å². The lowest BCUT2D eigenvalue weighted by Gasteiger charge is -2.11. The van der Waals surface area contributed by atoms with Crippen LogP contribution in [-0.2, 0) is 4.79 Å². The molecule has 0 fully saturated rings. The highest BCUT2D eigenvalue weighted by atomic mass is 32.1. The summed E-state index contributed by atoms with van der Waals surface area (Å²) in [6.07, 6.45) is 1.37. The summed E-state index contributed by atoms with van der Waals surface area (Å²) in [5.74, 6) is 0.177. The lowest BCUT2D eigenvalue weighted by Crippen LogP contribution is -2.49. The molecule has 7 nitrogen and oxygen atoms in total. The Bertz CT molecular complexity index is 727. The molecule has 0 saturated heterocycles. The Hall–Kier alpha value is -2.87. The van der Waals surface area contributed by atoms with Gasteiger partial charge in [-0.15, -0.1) is 0 Å². The van der Waals surface area contributed by atoms with Gasteiger partial charge in [0.05, 0.1) is 6.26 Å². The van der Waals surface area contributed by atoms with Gasteiger partial charge in [0.25, 0.3) is 11.8 Å². The minimum atomic E-state index is -0.516. The van der Waals surface area contributed by atoms with Gasteiger partial charge in [0.1, 0.15) is 5.75 Å². The van der Waals surface area contributed by atoms with Crippen LogP contribution in [0.2, 0.25) is 0 Å². The summed E-state index contributed by atoms with van der Waals surface area (Å²) in [5, 5.41) is 2.30. The molecule has 0 radical (unpaired) electrons. The number of hydrogen-bond donors (Lipinski definition) is 3. The van der Waals surface area contributed by atoms with E-state index in [0.29, 0.717) is 11.7 Å². The van der Waals surface area contributed by atoms with Gasteiger partial charge in [0.2, 0.25) is 0 Å². The maximum absolute atomic E-state index is 11.7. The number of ether oxygens (including phenoxy) is 1. The standard InChI is InChI=1S/C17H19N3O4S/c1-11(2)12-5-7-13(8-6-12)24-10-15(21)19-20-17(25)18-16(22)14-4-3-9-23-14/h3-9,11H,10H2,1-2H3,(H,19,21)(H2,18,20,22,25). The topological polar surface area (TPSA) is 92.6 Å². The third kappa shape index (κ3) is 5.92. The number of hydrogen-bond acceptors (Lipinski definition) is 5. The van der Waals surface area contributed by atoms with Crippen molar-refractivity contribution in [3.05, 3.63) is 54.0 Å². The van der Waals surface area contributed by atoms with E-state index in [-0.39, 0.29) is 17.5 Å². The Labute approximate surface area is 150 Å². The van der Waals surface area contributed by atoms with Crippen molar-refractivity contribution < 1.29 is 18.7 Å². The molecule has 25 heavy (non-hydrogen) atoms. The fourth-order valence-electron chi connectivity index (χ4n) is 1.86. The molecule has 0 aliphatic carbocycles. The lowest BCUT2D eigenvalue weighted by molar-refractivity contribution is -0.123. The maximum Gasteiger partial charge on any atom is 0.293 e. The zero-order valence-electron chi connectivity index (χ0n) is 13.9. The van der Waals surface area contributed by atoms with Gasteiger partial charge >= 0.3 is 0 Å². The first-order valence-corrected chi connectivity index (χ1v) is 8.03. The Morgan fingerprint density at radius 3 is 2.48 bits per heavy atom. The number of carbonyl (C=O) groups excluding carboxylic acids is 2. The van der Waals surface area contributed by atoms with Crippen LogP contribution in [0.3, 0.4) is 0 Å². The number of rotatable bonds is 5. The maximum atomic E-state index is 11.7. The number of furan rings is 1. The molecule has 0 saturated carbocycles. The van der Waals surface area contributed by atoms with E-state index < -0.39 is 11.8 Å². The van der Waals surface area contributed by atoms with Crippen LogP contribution in [0.5, 0.6) is 5.75 Å². The summed E-state index contributed by atoms with van der Waals surface area (Å²) in [6, 6.07) is 10.6. The van der Waals surface area contributed by atoms with Crippen LogP contribution < -0.4 is 20.9 Å².